The first-order valence-corrected chi connectivity index (χ1v) is 21.5. The number of aliphatic imine (C=N–C) groups is 1. The van der Waals surface area contributed by atoms with Gasteiger partial charge >= 0.3 is 0 Å². The van der Waals surface area contributed by atoms with Gasteiger partial charge in [-0.15, -0.1) is 0 Å². The van der Waals surface area contributed by atoms with Gasteiger partial charge in [0.2, 0.25) is 29.5 Å². The number of aromatic amines is 1. The topological polar surface area (TPSA) is 243 Å². The molecule has 15 nitrogen and oxygen atoms in total. The molecule has 3 unspecified atom stereocenters. The van der Waals surface area contributed by atoms with Crippen LogP contribution in [0.4, 0.5) is 0 Å². The lowest BCUT2D eigenvalue weighted by Crippen LogP contribution is -2.65. The first-order valence-electron chi connectivity index (χ1n) is 20.7. The van der Waals surface area contributed by atoms with Gasteiger partial charge in [0.05, 0.1) is 6.54 Å². The third-order valence-corrected chi connectivity index (χ3v) is 11.5. The number of rotatable bonds is 21. The summed E-state index contributed by atoms with van der Waals surface area (Å²) in [5.74, 6) is -3.08. The van der Waals surface area contributed by atoms with Gasteiger partial charge < -0.3 is 43.0 Å². The van der Waals surface area contributed by atoms with Crippen LogP contribution in [0.1, 0.15) is 74.6 Å². The van der Waals surface area contributed by atoms with Crippen LogP contribution in [0.5, 0.6) is 0 Å². The molecular weight excluding hydrogens is 842 g/mol. The molecule has 4 atom stereocenters. The van der Waals surface area contributed by atoms with Crippen LogP contribution in [-0.4, -0.2) is 83.0 Å². The molecule has 0 fully saturated rings. The van der Waals surface area contributed by atoms with Gasteiger partial charge in [-0.1, -0.05) is 89.9 Å². The number of ketones is 1. The molecule has 5 rings (SSSR count). The van der Waals surface area contributed by atoms with Crippen LogP contribution in [0, 0.1) is 0 Å². The monoisotopic (exact) mass is 897 g/mol. The number of guanidine groups is 1. The molecule has 10 N–H and O–H groups in total. The Hall–Kier alpha value is -6.03. The third-order valence-electron chi connectivity index (χ3n) is 10.8. The molecular formula is C45H56BrN9O6. The van der Waals surface area contributed by atoms with E-state index in [0.29, 0.717) is 19.3 Å². The van der Waals surface area contributed by atoms with Crippen molar-refractivity contribution in [1.82, 2.24) is 31.6 Å². The number of halogens is 1. The van der Waals surface area contributed by atoms with Crippen molar-refractivity contribution in [3.8, 4) is 0 Å². The molecule has 0 saturated heterocycles. The fourth-order valence-electron chi connectivity index (χ4n) is 7.56. The highest BCUT2D eigenvalue weighted by Crippen LogP contribution is 2.34. The number of benzene rings is 3. The van der Waals surface area contributed by atoms with Crippen molar-refractivity contribution in [3.05, 3.63) is 106 Å². The van der Waals surface area contributed by atoms with Crippen molar-refractivity contribution in [3.63, 3.8) is 0 Å². The fourth-order valence-corrected chi connectivity index (χ4v) is 8.17. The lowest BCUT2D eigenvalue weighted by Gasteiger charge is -2.39. The van der Waals surface area contributed by atoms with Crippen molar-refractivity contribution in [2.24, 2.45) is 16.5 Å². The van der Waals surface area contributed by atoms with Gasteiger partial charge in [0.1, 0.15) is 29.4 Å². The summed E-state index contributed by atoms with van der Waals surface area (Å²) in [6, 6.07) is 18.9. The molecule has 0 spiro atoms. The smallest absolute Gasteiger partial charge is 0.246 e. The van der Waals surface area contributed by atoms with E-state index in [1.165, 1.54) is 6.92 Å². The Morgan fingerprint density at radius 3 is 2.28 bits per heavy atom. The number of fused-ring (bicyclic) bond motifs is 2. The number of Topliss-reactive ketones (excluding diaryl/α,β-unsaturated/α-hetero) is 1. The number of nitrogens with one attached hydrogen (secondary N) is 6. The SMILES string of the molecule is CCCCC(=O)NC1(C(=O)NC(Cc2ccccc2)C(=O)NC(CCCN=C(N)N)C(=O)N[C@@H](Cc2c[nH]c3ccccc23)C(=O)NCC(C)=O)CCc2c(Br)cccc2C1. The summed E-state index contributed by atoms with van der Waals surface area (Å²) in [6.07, 6.45) is 4.96. The quantitative estimate of drug-likeness (QED) is 0.0350. The minimum absolute atomic E-state index is 0.0678. The van der Waals surface area contributed by atoms with E-state index < -0.39 is 47.3 Å². The third kappa shape index (κ3) is 13.0. The molecule has 3 aromatic carbocycles. The van der Waals surface area contributed by atoms with Gasteiger partial charge in [0.25, 0.3) is 0 Å². The fraction of sp³-hybridized carbons (Fsp3) is 0.400. The number of amides is 5. The number of carbonyl (C=O) groups excluding carboxylic acids is 6. The lowest BCUT2D eigenvalue weighted by atomic mass is 9.76. The molecule has 0 radical (unpaired) electrons. The van der Waals surface area contributed by atoms with Crippen LogP contribution < -0.4 is 38.1 Å². The van der Waals surface area contributed by atoms with Crippen LogP contribution in [-0.2, 0) is 54.5 Å². The molecule has 1 heterocycles. The van der Waals surface area contributed by atoms with E-state index in [4.69, 9.17) is 11.5 Å². The Labute approximate surface area is 364 Å². The molecule has 0 saturated carbocycles. The van der Waals surface area contributed by atoms with Crippen LogP contribution in [0.3, 0.4) is 0 Å². The number of nitrogens with two attached hydrogens (primary N) is 2. The maximum Gasteiger partial charge on any atom is 0.246 e. The molecule has 324 valence electrons. The summed E-state index contributed by atoms with van der Waals surface area (Å²) >= 11 is 3.63. The molecule has 1 aliphatic carbocycles. The number of H-pyrrole nitrogens is 1. The van der Waals surface area contributed by atoms with Crippen molar-refractivity contribution in [2.75, 3.05) is 13.1 Å². The van der Waals surface area contributed by atoms with Gasteiger partial charge in [-0.05, 0) is 73.4 Å². The highest BCUT2D eigenvalue weighted by molar-refractivity contribution is 9.10. The number of para-hydroxylation sites is 1. The Bertz CT molecular complexity index is 2220. The molecule has 5 amide bonds. The highest BCUT2D eigenvalue weighted by Gasteiger charge is 2.44. The second kappa shape index (κ2) is 22.0. The van der Waals surface area contributed by atoms with E-state index in [-0.39, 0.29) is 69.3 Å². The van der Waals surface area contributed by atoms with E-state index in [9.17, 15) is 28.8 Å². The summed E-state index contributed by atoms with van der Waals surface area (Å²) in [7, 11) is 0. The van der Waals surface area contributed by atoms with Gasteiger partial charge in [-0.3, -0.25) is 33.8 Å². The average molecular weight is 899 g/mol. The molecule has 1 aromatic heterocycles. The summed E-state index contributed by atoms with van der Waals surface area (Å²) < 4.78 is 0.918. The van der Waals surface area contributed by atoms with E-state index >= 15 is 0 Å². The van der Waals surface area contributed by atoms with Gasteiger partial charge in [0, 0.05) is 53.8 Å². The predicted molar refractivity (Wildman–Crippen MR) is 238 cm³/mol. The van der Waals surface area contributed by atoms with Gasteiger partial charge in [0.15, 0.2) is 5.96 Å². The normalized spacial score (nSPS) is 15.9. The first-order chi connectivity index (χ1) is 29.3. The molecule has 0 aliphatic heterocycles. The van der Waals surface area contributed by atoms with Crippen molar-refractivity contribution < 1.29 is 28.8 Å². The summed E-state index contributed by atoms with van der Waals surface area (Å²) in [6.45, 7) is 3.25. The predicted octanol–water partition coefficient (Wildman–Crippen LogP) is 3.16. The number of aromatic nitrogens is 1. The van der Waals surface area contributed by atoms with Crippen LogP contribution >= 0.6 is 15.9 Å². The standard InChI is InChI=1S/C45H56BrN9O6/c1-3-4-19-39(57)55-45(21-20-32-30(25-45)14-10-16-34(32)46)43(61)54-37(23-29-12-6-5-7-13-29)42(60)52-36(18-11-22-49-44(47)48)41(59)53-38(40(58)51-26-28(2)56)24-31-27-50-35-17-9-8-15-33(31)35/h5-10,12-17,27,36-38,50H,3-4,11,18-26H2,1-2H3,(H,51,58)(H,52,60)(H,53,59)(H,54,61)(H,55,57)(H4,47,48,49)/t36?,37?,38-,45?/m0/s1. The van der Waals surface area contributed by atoms with Crippen LogP contribution in [0.2, 0.25) is 0 Å². The molecule has 0 bridgehead atoms. The van der Waals surface area contributed by atoms with Crippen molar-refractivity contribution >= 4 is 68.1 Å². The average Bonchev–Trinajstić information content (AvgIpc) is 3.65. The molecule has 61 heavy (non-hydrogen) atoms. The van der Waals surface area contributed by atoms with Crippen LogP contribution in [0.25, 0.3) is 10.9 Å². The Morgan fingerprint density at radius 1 is 0.836 bits per heavy atom. The number of carbonyl (C=O) groups is 6. The zero-order chi connectivity index (χ0) is 43.9. The number of unbranched alkanes of at least 4 members (excludes halogenated alkanes) is 1. The Morgan fingerprint density at radius 2 is 1.54 bits per heavy atom. The van der Waals surface area contributed by atoms with E-state index in [0.717, 1.165) is 44.1 Å². The number of nitrogens with zero attached hydrogens (tertiary/aromatic N) is 1. The Balaban J connectivity index is 1.44. The first kappa shape index (κ1) is 46.0. The van der Waals surface area contributed by atoms with Crippen LogP contribution in [0.15, 0.2) is 88.5 Å². The van der Waals surface area contributed by atoms with E-state index in [2.05, 4.69) is 52.5 Å². The van der Waals surface area contributed by atoms with E-state index in [1.807, 2.05) is 79.7 Å². The highest BCUT2D eigenvalue weighted by atomic mass is 79.9. The molecule has 1 aliphatic rings. The zero-order valence-electron chi connectivity index (χ0n) is 34.7. The maximum atomic E-state index is 14.7. The zero-order valence-corrected chi connectivity index (χ0v) is 36.2. The Kier molecular flexibility index (Phi) is 16.6. The number of hydrogen-bond donors (Lipinski definition) is 8. The minimum atomic E-state index is -1.35. The summed E-state index contributed by atoms with van der Waals surface area (Å²) in [5.41, 5.74) is 14.1. The largest absolute Gasteiger partial charge is 0.370 e. The second-order valence-corrected chi connectivity index (χ2v) is 16.4. The summed E-state index contributed by atoms with van der Waals surface area (Å²) in [4.78, 5) is 89.5. The van der Waals surface area contributed by atoms with Crippen molar-refractivity contribution in [1.29, 1.82) is 0 Å². The van der Waals surface area contributed by atoms with Gasteiger partial charge in [-0.2, -0.15) is 0 Å². The summed E-state index contributed by atoms with van der Waals surface area (Å²) in [5, 5.41) is 15.2. The molecule has 4 aromatic rings. The second-order valence-electron chi connectivity index (χ2n) is 15.6. The lowest BCUT2D eigenvalue weighted by molar-refractivity contribution is -0.137. The molecule has 16 heteroatoms. The maximum absolute atomic E-state index is 14.7. The number of hydrogen-bond acceptors (Lipinski definition) is 7. The van der Waals surface area contributed by atoms with E-state index in [1.54, 1.807) is 6.20 Å². The van der Waals surface area contributed by atoms with Gasteiger partial charge in [-0.25, -0.2) is 0 Å². The van der Waals surface area contributed by atoms with Crippen molar-refractivity contribution in [2.45, 2.75) is 102 Å². The minimum Gasteiger partial charge on any atom is -0.370 e.